The van der Waals surface area contributed by atoms with E-state index in [1.807, 2.05) is 18.7 Å². The van der Waals surface area contributed by atoms with E-state index in [4.69, 9.17) is 17.0 Å². The molecule has 0 saturated carbocycles. The summed E-state index contributed by atoms with van der Waals surface area (Å²) in [6, 6.07) is 4.68. The van der Waals surface area contributed by atoms with Gasteiger partial charge >= 0.3 is 0 Å². The average molecular weight is 266 g/mol. The van der Waals surface area contributed by atoms with Gasteiger partial charge in [-0.15, -0.1) is 0 Å². The van der Waals surface area contributed by atoms with Gasteiger partial charge in [-0.25, -0.2) is 4.39 Å². The van der Waals surface area contributed by atoms with Crippen LogP contribution in [-0.4, -0.2) is 22.3 Å². The van der Waals surface area contributed by atoms with E-state index < -0.39 is 5.72 Å². The Morgan fingerprint density at radius 1 is 1.61 bits per heavy atom. The van der Waals surface area contributed by atoms with Gasteiger partial charge in [0.1, 0.15) is 11.6 Å². The topological polar surface area (TPSA) is 24.5 Å². The van der Waals surface area contributed by atoms with E-state index in [9.17, 15) is 4.39 Å². The first-order valence-corrected chi connectivity index (χ1v) is 6.51. The van der Waals surface area contributed by atoms with Crippen molar-refractivity contribution in [2.24, 2.45) is 0 Å². The lowest BCUT2D eigenvalue weighted by atomic mass is 9.90. The first-order chi connectivity index (χ1) is 8.53. The highest BCUT2D eigenvalue weighted by molar-refractivity contribution is 7.80. The molecule has 2 aliphatic rings. The minimum Gasteiger partial charge on any atom is -0.468 e. The number of rotatable bonds is 1. The minimum atomic E-state index is -0.438. The second-order valence-corrected chi connectivity index (χ2v) is 5.30. The molecule has 96 valence electrons. The number of hydrogen-bond donors (Lipinski definition) is 1. The fourth-order valence-corrected chi connectivity index (χ4v) is 3.33. The Balaban J connectivity index is 2.08. The molecule has 1 saturated heterocycles. The maximum atomic E-state index is 13.3. The third-order valence-electron chi connectivity index (χ3n) is 3.69. The van der Waals surface area contributed by atoms with Gasteiger partial charge < -0.3 is 15.0 Å². The van der Waals surface area contributed by atoms with Crippen LogP contribution >= 0.6 is 12.2 Å². The molecule has 1 aromatic carbocycles. The highest BCUT2D eigenvalue weighted by atomic mass is 32.1. The predicted molar refractivity (Wildman–Crippen MR) is 70.9 cm³/mol. The molecular weight excluding hydrogens is 251 g/mol. The van der Waals surface area contributed by atoms with Crippen LogP contribution < -0.4 is 10.1 Å². The molecule has 0 spiro atoms. The van der Waals surface area contributed by atoms with E-state index in [0.29, 0.717) is 5.11 Å². The Morgan fingerprint density at radius 3 is 3.11 bits per heavy atom. The zero-order valence-corrected chi connectivity index (χ0v) is 11.2. The molecule has 3 rings (SSSR count). The largest absolute Gasteiger partial charge is 0.468 e. The molecule has 0 amide bonds. The van der Waals surface area contributed by atoms with Gasteiger partial charge in [0.15, 0.2) is 10.8 Å². The molecule has 3 nitrogen and oxygen atoms in total. The number of ether oxygens (including phenoxy) is 1. The van der Waals surface area contributed by atoms with Gasteiger partial charge in [-0.3, -0.25) is 0 Å². The molecule has 2 aliphatic heterocycles. The molecule has 2 atom stereocenters. The van der Waals surface area contributed by atoms with Gasteiger partial charge in [0.2, 0.25) is 0 Å². The molecule has 0 aromatic heterocycles. The lowest BCUT2D eigenvalue weighted by Gasteiger charge is -2.52. The molecule has 1 fully saturated rings. The van der Waals surface area contributed by atoms with Gasteiger partial charge in [0.05, 0.1) is 6.04 Å². The van der Waals surface area contributed by atoms with Gasteiger partial charge in [0.25, 0.3) is 0 Å². The number of halogens is 1. The molecule has 2 unspecified atom stereocenters. The zero-order chi connectivity index (χ0) is 12.9. The number of benzene rings is 1. The maximum Gasteiger partial charge on any atom is 0.184 e. The second-order valence-electron chi connectivity index (χ2n) is 4.91. The lowest BCUT2D eigenvalue weighted by Crippen LogP contribution is -2.64. The van der Waals surface area contributed by atoms with Crippen molar-refractivity contribution in [3.8, 4) is 5.75 Å². The standard InChI is InChI=1S/C13H15FN2OS/c1-3-16-12(18)15-10-7-13(16,2)17-11-5-4-8(14)6-9(10)11/h4-6,10H,3,7H2,1-2H3,(H,15,18). The molecule has 0 radical (unpaired) electrons. The second kappa shape index (κ2) is 3.82. The van der Waals surface area contributed by atoms with Crippen LogP contribution in [0.25, 0.3) is 0 Å². The Morgan fingerprint density at radius 2 is 2.39 bits per heavy atom. The van der Waals surface area contributed by atoms with E-state index >= 15 is 0 Å². The van der Waals surface area contributed by atoms with Crippen LogP contribution in [0.1, 0.15) is 31.9 Å². The van der Waals surface area contributed by atoms with Crippen molar-refractivity contribution < 1.29 is 9.13 Å². The SMILES string of the molecule is CCN1C(=S)NC2CC1(C)Oc1ccc(F)cc12. The van der Waals surface area contributed by atoms with Crippen LogP contribution in [0.4, 0.5) is 4.39 Å². The van der Waals surface area contributed by atoms with Crippen molar-refractivity contribution in [3.63, 3.8) is 0 Å². The first kappa shape index (κ1) is 11.7. The summed E-state index contributed by atoms with van der Waals surface area (Å²) in [6.45, 7) is 4.86. The van der Waals surface area contributed by atoms with E-state index in [-0.39, 0.29) is 11.9 Å². The summed E-state index contributed by atoms with van der Waals surface area (Å²) < 4.78 is 19.4. The summed E-state index contributed by atoms with van der Waals surface area (Å²) in [6.07, 6.45) is 0.761. The van der Waals surface area contributed by atoms with Gasteiger partial charge in [-0.2, -0.15) is 0 Å². The summed E-state index contributed by atoms with van der Waals surface area (Å²) in [5.74, 6) is 0.496. The van der Waals surface area contributed by atoms with Crippen LogP contribution in [0.5, 0.6) is 5.75 Å². The van der Waals surface area contributed by atoms with E-state index in [1.54, 1.807) is 6.07 Å². The normalized spacial score (nSPS) is 29.4. The van der Waals surface area contributed by atoms with Crippen molar-refractivity contribution in [1.29, 1.82) is 0 Å². The average Bonchev–Trinajstić information content (AvgIpc) is 2.30. The summed E-state index contributed by atoms with van der Waals surface area (Å²) in [7, 11) is 0. The highest BCUT2D eigenvalue weighted by Crippen LogP contribution is 2.43. The Kier molecular flexibility index (Phi) is 2.48. The molecule has 5 heteroatoms. The zero-order valence-electron chi connectivity index (χ0n) is 10.4. The van der Waals surface area contributed by atoms with Crippen LogP contribution in [0.15, 0.2) is 18.2 Å². The number of nitrogens with zero attached hydrogens (tertiary/aromatic N) is 1. The van der Waals surface area contributed by atoms with Gasteiger partial charge in [-0.05, 0) is 44.3 Å². The third kappa shape index (κ3) is 1.57. The lowest BCUT2D eigenvalue weighted by molar-refractivity contribution is -0.0659. The van der Waals surface area contributed by atoms with Crippen molar-refractivity contribution >= 4 is 17.3 Å². The molecule has 2 heterocycles. The first-order valence-electron chi connectivity index (χ1n) is 6.10. The number of hydrogen-bond acceptors (Lipinski definition) is 2. The van der Waals surface area contributed by atoms with Gasteiger partial charge in [0, 0.05) is 18.5 Å². The van der Waals surface area contributed by atoms with Crippen LogP contribution in [0, 0.1) is 5.82 Å². The highest BCUT2D eigenvalue weighted by Gasteiger charge is 2.46. The van der Waals surface area contributed by atoms with Crippen molar-refractivity contribution in [3.05, 3.63) is 29.6 Å². The molecule has 2 bridgehead atoms. The molecule has 1 aromatic rings. The molecule has 18 heavy (non-hydrogen) atoms. The monoisotopic (exact) mass is 266 g/mol. The number of fused-ring (bicyclic) bond motifs is 4. The van der Waals surface area contributed by atoms with E-state index in [2.05, 4.69) is 5.32 Å². The predicted octanol–water partition coefficient (Wildman–Crippen LogP) is 2.58. The van der Waals surface area contributed by atoms with Gasteiger partial charge in [-0.1, -0.05) is 0 Å². The number of nitrogens with one attached hydrogen (secondary N) is 1. The van der Waals surface area contributed by atoms with Crippen LogP contribution in [-0.2, 0) is 0 Å². The molecule has 0 aliphatic carbocycles. The third-order valence-corrected chi connectivity index (χ3v) is 4.03. The summed E-state index contributed by atoms with van der Waals surface area (Å²) in [5, 5.41) is 3.94. The summed E-state index contributed by atoms with van der Waals surface area (Å²) in [4.78, 5) is 2.03. The minimum absolute atomic E-state index is 0.0322. The molecular formula is C13H15FN2OS. The Bertz CT molecular complexity index is 522. The van der Waals surface area contributed by atoms with Crippen molar-refractivity contribution in [2.75, 3.05) is 6.54 Å². The van der Waals surface area contributed by atoms with E-state index in [0.717, 1.165) is 24.3 Å². The van der Waals surface area contributed by atoms with Crippen molar-refractivity contribution in [1.82, 2.24) is 10.2 Å². The smallest absolute Gasteiger partial charge is 0.184 e. The van der Waals surface area contributed by atoms with Crippen molar-refractivity contribution in [2.45, 2.75) is 32.0 Å². The summed E-state index contributed by atoms with van der Waals surface area (Å²) >= 11 is 5.36. The quantitative estimate of drug-likeness (QED) is 0.790. The fraction of sp³-hybridized carbons (Fsp3) is 0.462. The number of thiocarbonyl (C=S) groups is 1. The molecule has 1 N–H and O–H groups in total. The van der Waals surface area contributed by atoms with Crippen LogP contribution in [0.3, 0.4) is 0 Å². The Labute approximate surface area is 111 Å². The van der Waals surface area contributed by atoms with E-state index in [1.165, 1.54) is 12.1 Å². The maximum absolute atomic E-state index is 13.3. The Hall–Kier alpha value is -1.36. The van der Waals surface area contributed by atoms with Crippen LogP contribution in [0.2, 0.25) is 0 Å². The fourth-order valence-electron chi connectivity index (χ4n) is 2.87. The summed E-state index contributed by atoms with van der Waals surface area (Å²) in [5.41, 5.74) is 0.414.